The molecule has 0 aliphatic rings. The molecular weight excluding hydrogens is 446 g/mol. The molecule has 0 unspecified atom stereocenters. The van der Waals surface area contributed by atoms with Crippen LogP contribution in [0, 0.1) is 0 Å². The molecule has 0 aliphatic carbocycles. The second kappa shape index (κ2) is 7.93. The van der Waals surface area contributed by atoms with Gasteiger partial charge in [-0.05, 0) is 43.3 Å². The number of ether oxygens (including phenoxy) is 1. The standard InChI is InChI=1S/C26H19N5O2S/c1-2-33-26(32)21-22-24(29-18-11-4-3-10-17(18)28-22)31(23(21)27)16-9-7-8-15(14-16)25-30-19-12-5-6-13-20(19)34-25/h3-14H,2,27H2,1H3. The van der Waals surface area contributed by atoms with Crippen LogP contribution in [-0.4, -0.2) is 32.1 Å². The molecule has 0 bridgehead atoms. The maximum Gasteiger partial charge on any atom is 0.344 e. The van der Waals surface area contributed by atoms with Crippen LogP contribution in [0.5, 0.6) is 0 Å². The molecule has 0 radical (unpaired) electrons. The number of hydrogen-bond donors (Lipinski definition) is 1. The van der Waals surface area contributed by atoms with E-state index in [1.54, 1.807) is 22.8 Å². The largest absolute Gasteiger partial charge is 0.462 e. The van der Waals surface area contributed by atoms with Crippen molar-refractivity contribution in [2.45, 2.75) is 6.92 Å². The van der Waals surface area contributed by atoms with Crippen molar-refractivity contribution in [3.8, 4) is 16.3 Å². The second-order valence-corrected chi connectivity index (χ2v) is 8.77. The van der Waals surface area contributed by atoms with Crippen molar-refractivity contribution in [2.24, 2.45) is 0 Å². The van der Waals surface area contributed by atoms with Gasteiger partial charge in [-0.15, -0.1) is 11.3 Å². The van der Waals surface area contributed by atoms with Gasteiger partial charge in [-0.2, -0.15) is 0 Å². The number of carbonyl (C=O) groups excluding carboxylic acids is 1. The van der Waals surface area contributed by atoms with E-state index >= 15 is 0 Å². The molecule has 8 heteroatoms. The van der Waals surface area contributed by atoms with Crippen molar-refractivity contribution in [2.75, 3.05) is 12.3 Å². The summed E-state index contributed by atoms with van der Waals surface area (Å²) in [5, 5.41) is 0.903. The molecule has 6 aromatic rings. The van der Waals surface area contributed by atoms with E-state index in [0.717, 1.165) is 26.5 Å². The highest BCUT2D eigenvalue weighted by molar-refractivity contribution is 7.21. The van der Waals surface area contributed by atoms with Crippen LogP contribution in [0.1, 0.15) is 17.3 Å². The van der Waals surface area contributed by atoms with Crippen LogP contribution in [-0.2, 0) is 4.74 Å². The number of rotatable bonds is 4. The number of esters is 1. The van der Waals surface area contributed by atoms with Crippen LogP contribution in [0.3, 0.4) is 0 Å². The van der Waals surface area contributed by atoms with Crippen LogP contribution in [0.2, 0.25) is 0 Å². The Kier molecular flexibility index (Phi) is 4.74. The van der Waals surface area contributed by atoms with Gasteiger partial charge >= 0.3 is 5.97 Å². The van der Waals surface area contributed by atoms with Gasteiger partial charge in [-0.3, -0.25) is 4.57 Å². The third-order valence-electron chi connectivity index (χ3n) is 5.62. The number of benzene rings is 3. The highest BCUT2D eigenvalue weighted by Gasteiger charge is 2.26. The summed E-state index contributed by atoms with van der Waals surface area (Å²) in [6.45, 7) is 1.99. The first kappa shape index (κ1) is 20.3. The molecule has 6 rings (SSSR count). The fourth-order valence-corrected chi connectivity index (χ4v) is 5.06. The molecule has 0 amide bonds. The van der Waals surface area contributed by atoms with Crippen molar-refractivity contribution >= 4 is 55.5 Å². The minimum absolute atomic E-state index is 0.223. The topological polar surface area (TPSA) is 95.9 Å². The first-order chi connectivity index (χ1) is 16.6. The van der Waals surface area contributed by atoms with E-state index in [-0.39, 0.29) is 18.0 Å². The van der Waals surface area contributed by atoms with Gasteiger partial charge in [0.15, 0.2) is 5.65 Å². The van der Waals surface area contributed by atoms with Gasteiger partial charge in [0.25, 0.3) is 0 Å². The van der Waals surface area contributed by atoms with Crippen molar-refractivity contribution in [3.63, 3.8) is 0 Å². The monoisotopic (exact) mass is 465 g/mol. The first-order valence-corrected chi connectivity index (χ1v) is 11.7. The lowest BCUT2D eigenvalue weighted by Crippen LogP contribution is -2.09. The smallest absolute Gasteiger partial charge is 0.344 e. The molecule has 0 atom stereocenters. The molecule has 0 aliphatic heterocycles. The summed E-state index contributed by atoms with van der Waals surface area (Å²) in [7, 11) is 0. The number of carbonyl (C=O) groups is 1. The van der Waals surface area contributed by atoms with Crippen molar-refractivity contribution in [3.05, 3.63) is 78.4 Å². The predicted molar refractivity (Wildman–Crippen MR) is 135 cm³/mol. The van der Waals surface area contributed by atoms with E-state index in [1.807, 2.05) is 66.7 Å². The van der Waals surface area contributed by atoms with Crippen molar-refractivity contribution in [1.29, 1.82) is 0 Å². The highest BCUT2D eigenvalue weighted by atomic mass is 32.1. The Balaban J connectivity index is 1.59. The average Bonchev–Trinajstić information content (AvgIpc) is 3.41. The normalized spacial score (nSPS) is 11.4. The second-order valence-electron chi connectivity index (χ2n) is 7.74. The third-order valence-corrected chi connectivity index (χ3v) is 6.71. The van der Waals surface area contributed by atoms with E-state index < -0.39 is 5.97 Å². The number of nitrogens with two attached hydrogens (primary N) is 1. The Bertz CT molecular complexity index is 1690. The molecule has 0 saturated carbocycles. The number of nitrogens with zero attached hydrogens (tertiary/aromatic N) is 4. The van der Waals surface area contributed by atoms with E-state index in [4.69, 9.17) is 25.4 Å². The summed E-state index contributed by atoms with van der Waals surface area (Å²) in [5.74, 6) is -0.277. The maximum absolute atomic E-state index is 12.9. The van der Waals surface area contributed by atoms with Gasteiger partial charge in [0.1, 0.15) is 21.9 Å². The van der Waals surface area contributed by atoms with Crippen LogP contribution in [0.25, 0.3) is 48.7 Å². The number of nitrogen functional groups attached to an aromatic ring is 1. The highest BCUT2D eigenvalue weighted by Crippen LogP contribution is 2.35. The van der Waals surface area contributed by atoms with E-state index in [9.17, 15) is 4.79 Å². The SMILES string of the molecule is CCOC(=O)c1c(N)n(-c2cccc(-c3nc4ccccc4s3)c2)c2nc3ccccc3nc12. The van der Waals surface area contributed by atoms with E-state index in [0.29, 0.717) is 22.2 Å². The van der Waals surface area contributed by atoms with E-state index in [1.165, 1.54) is 0 Å². The third kappa shape index (κ3) is 3.19. The van der Waals surface area contributed by atoms with Crippen LogP contribution in [0.4, 0.5) is 5.82 Å². The number of fused-ring (bicyclic) bond motifs is 3. The summed E-state index contributed by atoms with van der Waals surface area (Å²) >= 11 is 1.63. The fraction of sp³-hybridized carbons (Fsp3) is 0.0769. The van der Waals surface area contributed by atoms with Crippen LogP contribution >= 0.6 is 11.3 Å². The van der Waals surface area contributed by atoms with Crippen molar-refractivity contribution in [1.82, 2.24) is 19.5 Å². The average molecular weight is 466 g/mol. The maximum atomic E-state index is 12.9. The molecule has 166 valence electrons. The summed E-state index contributed by atoms with van der Waals surface area (Å²) in [4.78, 5) is 27.2. The van der Waals surface area contributed by atoms with Crippen LogP contribution < -0.4 is 5.73 Å². The molecule has 3 aromatic heterocycles. The van der Waals surface area contributed by atoms with Gasteiger partial charge < -0.3 is 10.5 Å². The zero-order valence-electron chi connectivity index (χ0n) is 18.2. The lowest BCUT2D eigenvalue weighted by Gasteiger charge is -2.09. The zero-order valence-corrected chi connectivity index (χ0v) is 19.0. The van der Waals surface area contributed by atoms with Gasteiger partial charge in [0, 0.05) is 11.3 Å². The minimum atomic E-state index is -0.518. The Morgan fingerprint density at radius 3 is 2.44 bits per heavy atom. The molecule has 34 heavy (non-hydrogen) atoms. The van der Waals surface area contributed by atoms with Gasteiger partial charge in [0.05, 0.1) is 27.9 Å². The molecule has 0 spiro atoms. The number of thiazole rings is 1. The molecule has 0 fully saturated rings. The summed E-state index contributed by atoms with van der Waals surface area (Å²) in [6, 6.07) is 23.5. The molecule has 3 aromatic carbocycles. The number of anilines is 1. The summed E-state index contributed by atoms with van der Waals surface area (Å²) < 4.78 is 8.18. The number of aromatic nitrogens is 4. The van der Waals surface area contributed by atoms with Crippen molar-refractivity contribution < 1.29 is 9.53 Å². The summed E-state index contributed by atoms with van der Waals surface area (Å²) in [6.07, 6.45) is 0. The number of hydrogen-bond acceptors (Lipinski definition) is 7. The van der Waals surface area contributed by atoms with Gasteiger partial charge in [-0.25, -0.2) is 19.7 Å². The molecular formula is C26H19N5O2S. The molecule has 3 heterocycles. The Morgan fingerprint density at radius 2 is 1.68 bits per heavy atom. The lowest BCUT2D eigenvalue weighted by atomic mass is 10.2. The molecule has 7 nitrogen and oxygen atoms in total. The number of para-hydroxylation sites is 3. The zero-order chi connectivity index (χ0) is 23.2. The first-order valence-electron chi connectivity index (χ1n) is 10.8. The summed E-state index contributed by atoms with van der Waals surface area (Å²) in [5.41, 5.74) is 11.8. The fourth-order valence-electron chi connectivity index (χ4n) is 4.10. The minimum Gasteiger partial charge on any atom is -0.462 e. The van der Waals surface area contributed by atoms with Gasteiger partial charge in [0.2, 0.25) is 0 Å². The Morgan fingerprint density at radius 1 is 0.941 bits per heavy atom. The predicted octanol–water partition coefficient (Wildman–Crippen LogP) is 5.61. The van der Waals surface area contributed by atoms with Gasteiger partial charge in [-0.1, -0.05) is 36.4 Å². The molecule has 0 saturated heterocycles. The molecule has 2 N–H and O–H groups in total. The Hall–Kier alpha value is -4.30. The van der Waals surface area contributed by atoms with Crippen LogP contribution in [0.15, 0.2) is 72.8 Å². The quantitative estimate of drug-likeness (QED) is 0.340. The Labute approximate surface area is 198 Å². The lowest BCUT2D eigenvalue weighted by molar-refractivity contribution is 0.0529. The van der Waals surface area contributed by atoms with E-state index in [2.05, 4.69) is 6.07 Å².